The molecule has 5 heteroatoms. The van der Waals surface area contributed by atoms with E-state index in [0.29, 0.717) is 5.92 Å². The molecule has 0 unspecified atom stereocenters. The van der Waals surface area contributed by atoms with Crippen LogP contribution in [-0.4, -0.2) is 25.5 Å². The lowest BCUT2D eigenvalue weighted by Crippen LogP contribution is -2.48. The van der Waals surface area contributed by atoms with Crippen LogP contribution in [0.4, 0.5) is 0 Å². The lowest BCUT2D eigenvalue weighted by molar-refractivity contribution is 0.0942. The Morgan fingerprint density at radius 3 is 2.39 bits per heavy atom. The van der Waals surface area contributed by atoms with E-state index in [0.717, 1.165) is 31.0 Å². The molecule has 3 rings (SSSR count). The lowest BCUT2D eigenvalue weighted by Gasteiger charge is -2.27. The van der Waals surface area contributed by atoms with Crippen molar-refractivity contribution in [3.05, 3.63) is 65.7 Å². The number of benzene rings is 2. The highest BCUT2D eigenvalue weighted by molar-refractivity contribution is 7.98. The van der Waals surface area contributed by atoms with Gasteiger partial charge in [0, 0.05) is 41.8 Å². The highest BCUT2D eigenvalue weighted by atomic mass is 35.5. The van der Waals surface area contributed by atoms with Gasteiger partial charge in [-0.1, -0.05) is 30.3 Å². The van der Waals surface area contributed by atoms with E-state index in [1.165, 1.54) is 10.5 Å². The van der Waals surface area contributed by atoms with E-state index in [1.54, 1.807) is 11.8 Å². The third-order valence-corrected chi connectivity index (χ3v) is 4.87. The Bertz CT molecular complexity index is 615. The van der Waals surface area contributed by atoms with Crippen LogP contribution in [0.2, 0.25) is 0 Å². The summed E-state index contributed by atoms with van der Waals surface area (Å²) in [7, 11) is 0. The number of rotatable bonds is 6. The number of amides is 1. The molecule has 0 saturated carbocycles. The zero-order valence-electron chi connectivity index (χ0n) is 12.8. The van der Waals surface area contributed by atoms with Crippen LogP contribution in [0.1, 0.15) is 15.9 Å². The van der Waals surface area contributed by atoms with Crippen LogP contribution in [0.3, 0.4) is 0 Å². The Labute approximate surface area is 147 Å². The van der Waals surface area contributed by atoms with E-state index < -0.39 is 0 Å². The lowest BCUT2D eigenvalue weighted by atomic mass is 10.0. The Hall–Kier alpha value is -1.49. The maximum Gasteiger partial charge on any atom is 0.251 e. The normalized spacial score (nSPS) is 13.7. The average molecular weight is 349 g/mol. The summed E-state index contributed by atoms with van der Waals surface area (Å²) in [6.07, 6.45) is 0. The number of carbonyl (C=O) groups is 1. The highest BCUT2D eigenvalue weighted by Gasteiger charge is 2.17. The first kappa shape index (κ1) is 17.9. The Morgan fingerprint density at radius 1 is 1.09 bits per heavy atom. The molecular weight excluding hydrogens is 328 g/mol. The molecule has 2 aromatic carbocycles. The smallest absolute Gasteiger partial charge is 0.251 e. The van der Waals surface area contributed by atoms with Crippen molar-refractivity contribution in [1.82, 2.24) is 10.6 Å². The summed E-state index contributed by atoms with van der Waals surface area (Å²) in [6, 6.07) is 18.3. The van der Waals surface area contributed by atoms with Gasteiger partial charge in [-0.3, -0.25) is 4.79 Å². The van der Waals surface area contributed by atoms with Crippen molar-refractivity contribution < 1.29 is 4.79 Å². The van der Waals surface area contributed by atoms with Gasteiger partial charge in [-0.2, -0.15) is 0 Å². The van der Waals surface area contributed by atoms with Crippen LogP contribution in [0, 0.1) is 5.92 Å². The molecule has 0 radical (unpaired) electrons. The predicted molar refractivity (Wildman–Crippen MR) is 98.4 cm³/mol. The minimum absolute atomic E-state index is 0. The molecule has 1 heterocycles. The number of thioether (sulfide) groups is 1. The molecule has 0 spiro atoms. The summed E-state index contributed by atoms with van der Waals surface area (Å²) in [6.45, 7) is 2.78. The topological polar surface area (TPSA) is 41.1 Å². The summed E-state index contributed by atoms with van der Waals surface area (Å²) >= 11 is 1.78. The number of hydrogen-bond donors (Lipinski definition) is 2. The van der Waals surface area contributed by atoms with E-state index in [4.69, 9.17) is 0 Å². The monoisotopic (exact) mass is 348 g/mol. The molecule has 1 saturated heterocycles. The highest BCUT2D eigenvalue weighted by Crippen LogP contribution is 2.22. The van der Waals surface area contributed by atoms with Crippen LogP contribution >= 0.6 is 24.2 Å². The van der Waals surface area contributed by atoms with Gasteiger partial charge in [0.15, 0.2) is 0 Å². The van der Waals surface area contributed by atoms with Crippen LogP contribution in [0.15, 0.2) is 59.5 Å². The van der Waals surface area contributed by atoms with Crippen LogP contribution < -0.4 is 10.6 Å². The fourth-order valence-electron chi connectivity index (χ4n) is 2.28. The molecule has 0 aromatic heterocycles. The molecule has 3 nitrogen and oxygen atoms in total. The maximum absolute atomic E-state index is 12.0. The van der Waals surface area contributed by atoms with Crippen LogP contribution in [0.5, 0.6) is 0 Å². The molecule has 2 aromatic rings. The van der Waals surface area contributed by atoms with Gasteiger partial charge in [0.2, 0.25) is 0 Å². The molecule has 0 bridgehead atoms. The second-order valence-corrected chi connectivity index (χ2v) is 6.58. The summed E-state index contributed by atoms with van der Waals surface area (Å²) in [4.78, 5) is 13.2. The van der Waals surface area contributed by atoms with E-state index in [2.05, 4.69) is 34.9 Å². The van der Waals surface area contributed by atoms with Crippen molar-refractivity contribution in [1.29, 1.82) is 0 Å². The molecule has 1 aliphatic rings. The van der Waals surface area contributed by atoms with Crippen molar-refractivity contribution in [3.63, 3.8) is 0 Å². The first-order chi connectivity index (χ1) is 10.8. The third-order valence-electron chi connectivity index (χ3n) is 3.78. The van der Waals surface area contributed by atoms with Gasteiger partial charge in [-0.15, -0.1) is 24.2 Å². The molecule has 2 N–H and O–H groups in total. The van der Waals surface area contributed by atoms with Crippen molar-refractivity contribution in [2.75, 3.05) is 19.6 Å². The number of halogens is 1. The van der Waals surface area contributed by atoms with Gasteiger partial charge < -0.3 is 10.6 Å². The Balaban J connectivity index is 0.00000192. The third kappa shape index (κ3) is 5.27. The predicted octanol–water partition coefficient (Wildman–Crippen LogP) is 3.35. The number of nitrogens with one attached hydrogen (secondary N) is 2. The Morgan fingerprint density at radius 2 is 1.78 bits per heavy atom. The SMILES string of the molecule is Cl.O=C(NCC1CNC1)c1ccc(SCc2ccccc2)cc1. The van der Waals surface area contributed by atoms with Crippen molar-refractivity contribution >= 4 is 30.1 Å². The second kappa shape index (κ2) is 8.96. The van der Waals surface area contributed by atoms with Crippen LogP contribution in [-0.2, 0) is 5.75 Å². The summed E-state index contributed by atoms with van der Waals surface area (Å²) < 4.78 is 0. The van der Waals surface area contributed by atoms with E-state index in [1.807, 2.05) is 30.3 Å². The largest absolute Gasteiger partial charge is 0.352 e. The molecule has 0 aliphatic carbocycles. The summed E-state index contributed by atoms with van der Waals surface area (Å²) in [5.41, 5.74) is 2.04. The van der Waals surface area contributed by atoms with Crippen molar-refractivity contribution in [3.8, 4) is 0 Å². The first-order valence-corrected chi connectivity index (χ1v) is 8.55. The Kier molecular flexibility index (Phi) is 6.96. The van der Waals surface area contributed by atoms with Gasteiger partial charge in [-0.05, 0) is 29.8 Å². The molecule has 1 fully saturated rings. The molecule has 1 aliphatic heterocycles. The molecule has 23 heavy (non-hydrogen) atoms. The zero-order valence-corrected chi connectivity index (χ0v) is 14.5. The summed E-state index contributed by atoms with van der Waals surface area (Å²) in [5.74, 6) is 1.55. The van der Waals surface area contributed by atoms with Crippen molar-refractivity contribution in [2.24, 2.45) is 5.92 Å². The fourth-order valence-corrected chi connectivity index (χ4v) is 3.13. The van der Waals surface area contributed by atoms with Gasteiger partial charge in [0.1, 0.15) is 0 Å². The maximum atomic E-state index is 12.0. The second-order valence-electron chi connectivity index (χ2n) is 5.53. The van der Waals surface area contributed by atoms with E-state index in [9.17, 15) is 4.79 Å². The first-order valence-electron chi connectivity index (χ1n) is 7.57. The van der Waals surface area contributed by atoms with Gasteiger partial charge in [-0.25, -0.2) is 0 Å². The number of hydrogen-bond acceptors (Lipinski definition) is 3. The minimum atomic E-state index is 0. The van der Waals surface area contributed by atoms with Gasteiger partial charge in [0.25, 0.3) is 5.91 Å². The molecule has 1 amide bonds. The minimum Gasteiger partial charge on any atom is -0.352 e. The van der Waals surface area contributed by atoms with E-state index in [-0.39, 0.29) is 18.3 Å². The summed E-state index contributed by atoms with van der Waals surface area (Å²) in [5, 5.41) is 6.20. The molecule has 0 atom stereocenters. The molecular formula is C18H21ClN2OS. The van der Waals surface area contributed by atoms with Gasteiger partial charge in [0.05, 0.1) is 0 Å². The van der Waals surface area contributed by atoms with E-state index >= 15 is 0 Å². The fraction of sp³-hybridized carbons (Fsp3) is 0.278. The van der Waals surface area contributed by atoms with Crippen LogP contribution in [0.25, 0.3) is 0 Å². The average Bonchev–Trinajstić information content (AvgIpc) is 2.53. The quantitative estimate of drug-likeness (QED) is 0.786. The standard InChI is InChI=1S/C18H20N2OS.ClH/c21-18(20-12-15-10-19-11-15)16-6-8-17(9-7-16)22-13-14-4-2-1-3-5-14;/h1-9,15,19H,10-13H2,(H,20,21);1H. The van der Waals surface area contributed by atoms with Gasteiger partial charge >= 0.3 is 0 Å². The van der Waals surface area contributed by atoms with Crippen molar-refractivity contribution in [2.45, 2.75) is 10.6 Å². The zero-order chi connectivity index (χ0) is 15.2. The molecule has 122 valence electrons. The number of carbonyl (C=O) groups excluding carboxylic acids is 1.